The number of hydrogen-bond donors (Lipinski definition) is 3. The summed E-state index contributed by atoms with van der Waals surface area (Å²) in [6.45, 7) is 7.46. The van der Waals surface area contributed by atoms with Gasteiger partial charge in [-0.05, 0) is 26.3 Å². The zero-order valence-corrected chi connectivity index (χ0v) is 20.7. The third-order valence-electron chi connectivity index (χ3n) is 6.58. The van der Waals surface area contributed by atoms with Gasteiger partial charge in [-0.15, -0.1) is 0 Å². The predicted octanol–water partition coefficient (Wildman–Crippen LogP) is 1.17. The lowest BCUT2D eigenvalue weighted by atomic mass is 9.88. The SMILES string of the molecule is CC(=O)NC[C@H]1CN(C2=CCC(C)(N3CCNN(C(=O)NCc4cc(C)on4)CC3)C(F)=C2)C(=O)O1. The number of urea groups is 1. The molecule has 0 bridgehead atoms. The molecule has 2 fully saturated rings. The van der Waals surface area contributed by atoms with E-state index in [1.165, 1.54) is 22.9 Å². The van der Waals surface area contributed by atoms with E-state index in [-0.39, 0.29) is 37.4 Å². The van der Waals surface area contributed by atoms with Gasteiger partial charge in [-0.2, -0.15) is 0 Å². The highest BCUT2D eigenvalue weighted by Gasteiger charge is 2.41. The molecule has 0 aromatic carbocycles. The summed E-state index contributed by atoms with van der Waals surface area (Å²) in [6, 6.07) is 1.45. The number of nitrogens with one attached hydrogen (secondary N) is 3. The summed E-state index contributed by atoms with van der Waals surface area (Å²) < 4.78 is 25.8. The smallest absolute Gasteiger partial charge is 0.414 e. The molecule has 2 aliphatic heterocycles. The Morgan fingerprint density at radius 3 is 2.81 bits per heavy atom. The largest absolute Gasteiger partial charge is 0.442 e. The van der Waals surface area contributed by atoms with E-state index in [4.69, 9.17) is 9.26 Å². The molecular formula is C23H32FN7O5. The van der Waals surface area contributed by atoms with E-state index in [1.54, 1.807) is 13.0 Å². The van der Waals surface area contributed by atoms with Crippen LogP contribution < -0.4 is 16.1 Å². The van der Waals surface area contributed by atoms with Gasteiger partial charge in [0.05, 0.1) is 31.7 Å². The number of aromatic nitrogens is 1. The molecular weight excluding hydrogens is 473 g/mol. The van der Waals surface area contributed by atoms with Gasteiger partial charge in [-0.3, -0.25) is 19.6 Å². The van der Waals surface area contributed by atoms with Gasteiger partial charge in [0.1, 0.15) is 23.4 Å². The minimum atomic E-state index is -0.908. The molecule has 36 heavy (non-hydrogen) atoms. The molecule has 0 radical (unpaired) electrons. The van der Waals surface area contributed by atoms with Crippen LogP contribution in [0.1, 0.15) is 31.7 Å². The van der Waals surface area contributed by atoms with Crippen molar-refractivity contribution in [1.29, 1.82) is 0 Å². The summed E-state index contributed by atoms with van der Waals surface area (Å²) in [7, 11) is 0. The Morgan fingerprint density at radius 1 is 1.31 bits per heavy atom. The van der Waals surface area contributed by atoms with Crippen molar-refractivity contribution in [2.45, 2.75) is 45.4 Å². The number of rotatable bonds is 6. The quantitative estimate of drug-likeness (QED) is 0.525. The molecule has 2 atom stereocenters. The number of aryl methyl sites for hydroxylation is 1. The van der Waals surface area contributed by atoms with E-state index in [1.807, 2.05) is 17.9 Å². The van der Waals surface area contributed by atoms with Gasteiger partial charge in [-0.25, -0.2) is 19.4 Å². The maximum atomic E-state index is 15.5. The van der Waals surface area contributed by atoms with E-state index >= 15 is 4.39 Å². The molecule has 4 amide bonds. The number of cyclic esters (lactones) is 1. The first-order valence-corrected chi connectivity index (χ1v) is 11.9. The van der Waals surface area contributed by atoms with Crippen molar-refractivity contribution >= 4 is 18.0 Å². The lowest BCUT2D eigenvalue weighted by Gasteiger charge is -2.41. The molecule has 0 saturated carbocycles. The average molecular weight is 506 g/mol. The molecule has 0 spiro atoms. The van der Waals surface area contributed by atoms with Crippen molar-refractivity contribution in [3.05, 3.63) is 41.2 Å². The summed E-state index contributed by atoms with van der Waals surface area (Å²) in [5, 5.41) is 10.8. The number of hydrazine groups is 1. The number of carbonyl (C=O) groups excluding carboxylic acids is 3. The van der Waals surface area contributed by atoms with E-state index in [9.17, 15) is 14.4 Å². The summed E-state index contributed by atoms with van der Waals surface area (Å²) >= 11 is 0. The average Bonchev–Trinajstić information content (AvgIpc) is 3.32. The van der Waals surface area contributed by atoms with Crippen molar-refractivity contribution in [3.8, 4) is 0 Å². The molecule has 1 unspecified atom stereocenters. The minimum absolute atomic E-state index is 0.206. The molecule has 3 N–H and O–H groups in total. The van der Waals surface area contributed by atoms with E-state index in [0.717, 1.165) is 0 Å². The van der Waals surface area contributed by atoms with Gasteiger partial charge >= 0.3 is 12.1 Å². The number of amides is 4. The van der Waals surface area contributed by atoms with Gasteiger partial charge in [0.15, 0.2) is 0 Å². The molecule has 12 nitrogen and oxygen atoms in total. The molecule has 1 aliphatic carbocycles. The van der Waals surface area contributed by atoms with Crippen LogP contribution in [-0.4, -0.2) is 88.9 Å². The van der Waals surface area contributed by atoms with Crippen molar-refractivity contribution < 1.29 is 28.0 Å². The highest BCUT2D eigenvalue weighted by Crippen LogP contribution is 2.36. The van der Waals surface area contributed by atoms with Gasteiger partial charge in [0.25, 0.3) is 0 Å². The Kier molecular flexibility index (Phi) is 7.59. The monoisotopic (exact) mass is 505 g/mol. The van der Waals surface area contributed by atoms with Crippen LogP contribution >= 0.6 is 0 Å². The zero-order valence-electron chi connectivity index (χ0n) is 20.7. The second kappa shape index (κ2) is 10.7. The molecule has 13 heteroatoms. The lowest BCUT2D eigenvalue weighted by Crippen LogP contribution is -2.50. The Hall–Kier alpha value is -3.45. The topological polar surface area (TPSA) is 132 Å². The summed E-state index contributed by atoms with van der Waals surface area (Å²) in [5.41, 5.74) is 3.25. The van der Waals surface area contributed by atoms with Crippen LogP contribution in [0.3, 0.4) is 0 Å². The van der Waals surface area contributed by atoms with Gasteiger partial charge < -0.3 is 19.9 Å². The molecule has 2 saturated heterocycles. The Balaban J connectivity index is 1.33. The standard InChI is InChI=1S/C23H32FN7O5/c1-15-10-17(28-36-15)12-26-21(33)31-9-8-29(7-6-27-31)23(3)5-4-18(11-20(23)24)30-14-19(35-22(30)34)13-25-16(2)32/h4,10-11,19,27H,5-9,12-14H2,1-3H3,(H,25,32)(H,26,33)/t19-,23?/m0/s1. The number of hydrogen-bond acceptors (Lipinski definition) is 8. The van der Waals surface area contributed by atoms with Crippen LogP contribution in [0, 0.1) is 6.92 Å². The van der Waals surface area contributed by atoms with E-state index in [0.29, 0.717) is 49.8 Å². The predicted molar refractivity (Wildman–Crippen MR) is 126 cm³/mol. The first-order chi connectivity index (χ1) is 17.2. The zero-order chi connectivity index (χ0) is 25.9. The highest BCUT2D eigenvalue weighted by atomic mass is 19.1. The summed E-state index contributed by atoms with van der Waals surface area (Å²) in [5.74, 6) is 0.0933. The maximum absolute atomic E-state index is 15.5. The fraction of sp³-hybridized carbons (Fsp3) is 0.565. The van der Waals surface area contributed by atoms with Crippen LogP contribution in [0.15, 0.2) is 34.3 Å². The minimum Gasteiger partial charge on any atom is -0.442 e. The number of allylic oxidation sites excluding steroid dienone is 1. The first-order valence-electron chi connectivity index (χ1n) is 11.9. The van der Waals surface area contributed by atoms with Gasteiger partial charge in [0, 0.05) is 38.3 Å². The third-order valence-corrected chi connectivity index (χ3v) is 6.58. The third kappa shape index (κ3) is 5.68. The normalized spacial score (nSPS) is 25.1. The Bertz CT molecular complexity index is 1070. The van der Waals surface area contributed by atoms with Crippen LogP contribution in [0.4, 0.5) is 14.0 Å². The van der Waals surface area contributed by atoms with Crippen molar-refractivity contribution in [2.75, 3.05) is 39.3 Å². The van der Waals surface area contributed by atoms with Crippen molar-refractivity contribution in [3.63, 3.8) is 0 Å². The fourth-order valence-corrected chi connectivity index (χ4v) is 4.47. The van der Waals surface area contributed by atoms with Crippen LogP contribution in [0.25, 0.3) is 0 Å². The number of ether oxygens (including phenoxy) is 1. The van der Waals surface area contributed by atoms with Crippen molar-refractivity contribution in [1.82, 2.24) is 36.0 Å². The maximum Gasteiger partial charge on any atom is 0.414 e. The van der Waals surface area contributed by atoms with E-state index < -0.39 is 17.7 Å². The van der Waals surface area contributed by atoms with Crippen LogP contribution in [-0.2, 0) is 16.1 Å². The highest BCUT2D eigenvalue weighted by molar-refractivity contribution is 5.75. The molecule has 1 aromatic heterocycles. The van der Waals surface area contributed by atoms with Crippen molar-refractivity contribution in [2.24, 2.45) is 0 Å². The first kappa shape index (κ1) is 25.6. The molecule has 1 aromatic rings. The van der Waals surface area contributed by atoms with Crippen LogP contribution in [0.2, 0.25) is 0 Å². The molecule has 4 rings (SSSR count). The van der Waals surface area contributed by atoms with Crippen LogP contribution in [0.5, 0.6) is 0 Å². The van der Waals surface area contributed by atoms with Gasteiger partial charge in [-0.1, -0.05) is 11.2 Å². The summed E-state index contributed by atoms with van der Waals surface area (Å²) in [4.78, 5) is 39.4. The number of halogens is 1. The number of nitrogens with zero attached hydrogens (tertiary/aromatic N) is 4. The second-order valence-corrected chi connectivity index (χ2v) is 9.29. The Labute approximate surface area is 208 Å². The molecule has 196 valence electrons. The number of carbonyl (C=O) groups is 3. The molecule has 3 aliphatic rings. The Morgan fingerprint density at radius 2 is 2.11 bits per heavy atom. The lowest BCUT2D eigenvalue weighted by molar-refractivity contribution is -0.119. The molecule has 3 heterocycles. The second-order valence-electron chi connectivity index (χ2n) is 9.29. The summed E-state index contributed by atoms with van der Waals surface area (Å²) in [6.07, 6.45) is 2.49. The fourth-order valence-electron chi connectivity index (χ4n) is 4.47. The van der Waals surface area contributed by atoms with E-state index in [2.05, 4.69) is 21.2 Å². The van der Waals surface area contributed by atoms with Gasteiger partial charge in [0.2, 0.25) is 5.91 Å².